The van der Waals surface area contributed by atoms with Gasteiger partial charge in [0.05, 0.1) is 14.9 Å². The maximum Gasteiger partial charge on any atom is 0.322 e. The summed E-state index contributed by atoms with van der Waals surface area (Å²) in [4.78, 5) is 12.6. The second-order valence-corrected chi connectivity index (χ2v) is 10.9. The number of anilines is 1. The highest BCUT2D eigenvalue weighted by Gasteiger charge is 2.33. The van der Waals surface area contributed by atoms with Gasteiger partial charge in [-0.1, -0.05) is 40.4 Å². The van der Waals surface area contributed by atoms with E-state index in [0.29, 0.717) is 27.8 Å². The number of hydrogen-bond acceptors (Lipinski definition) is 7. The molecular weight excluding hydrogens is 471 g/mol. The van der Waals surface area contributed by atoms with E-state index in [1.807, 2.05) is 0 Å². The minimum atomic E-state index is -3.60. The quantitative estimate of drug-likeness (QED) is 0.580. The number of thiophene rings is 1. The molecule has 1 N–H and O–H groups in total. The number of nitrogens with zero attached hydrogens (tertiary/aromatic N) is 3. The summed E-state index contributed by atoms with van der Waals surface area (Å²) in [5.74, 6) is -0.453. The molecule has 2 aromatic heterocycles. The number of benzene rings is 1. The largest absolute Gasteiger partial charge is 0.403 e. The standard InChI is InChI=1S/C18H16Cl2N4O4S2/c19-13-4-2-1-3-12(13)17-22-23-18(28-17)21-16(25)11-7-9-24(10-8-11)30(26,27)15-6-5-14(20)29-15/h1-6,11H,7-10H2,(H,21,23,25). The first-order chi connectivity index (χ1) is 14.3. The normalized spacial score (nSPS) is 15.9. The smallest absolute Gasteiger partial charge is 0.322 e. The number of amides is 1. The summed E-state index contributed by atoms with van der Waals surface area (Å²) in [6.07, 6.45) is 0.769. The minimum Gasteiger partial charge on any atom is -0.403 e. The molecule has 3 heterocycles. The van der Waals surface area contributed by atoms with Crippen LogP contribution in [0.1, 0.15) is 12.8 Å². The van der Waals surface area contributed by atoms with Crippen LogP contribution in [0.5, 0.6) is 0 Å². The molecule has 0 atom stereocenters. The fourth-order valence-electron chi connectivity index (χ4n) is 3.15. The third-order valence-electron chi connectivity index (χ3n) is 4.73. The molecule has 0 spiro atoms. The van der Waals surface area contributed by atoms with Crippen LogP contribution in [0, 0.1) is 5.92 Å². The van der Waals surface area contributed by atoms with Crippen molar-refractivity contribution < 1.29 is 17.6 Å². The van der Waals surface area contributed by atoms with E-state index in [1.165, 1.54) is 10.4 Å². The van der Waals surface area contributed by atoms with Crippen molar-refractivity contribution in [3.05, 3.63) is 45.8 Å². The fourth-order valence-corrected chi connectivity index (χ4v) is 6.47. The number of hydrogen-bond donors (Lipinski definition) is 1. The first-order valence-corrected chi connectivity index (χ1v) is 12.0. The number of carbonyl (C=O) groups excluding carboxylic acids is 1. The maximum atomic E-state index is 12.7. The number of carbonyl (C=O) groups is 1. The number of aromatic nitrogens is 2. The van der Waals surface area contributed by atoms with E-state index in [4.69, 9.17) is 27.6 Å². The molecule has 0 unspecified atom stereocenters. The van der Waals surface area contributed by atoms with Crippen LogP contribution in [-0.2, 0) is 14.8 Å². The highest BCUT2D eigenvalue weighted by Crippen LogP contribution is 2.31. The van der Waals surface area contributed by atoms with Crippen LogP contribution in [0.15, 0.2) is 45.0 Å². The van der Waals surface area contributed by atoms with Gasteiger partial charge in [0, 0.05) is 19.0 Å². The Kier molecular flexibility index (Phi) is 6.12. The second-order valence-electron chi connectivity index (χ2n) is 6.62. The zero-order valence-corrected chi connectivity index (χ0v) is 18.6. The average molecular weight is 487 g/mol. The van der Waals surface area contributed by atoms with Gasteiger partial charge in [-0.15, -0.1) is 16.4 Å². The lowest BCUT2D eigenvalue weighted by atomic mass is 9.97. The van der Waals surface area contributed by atoms with Gasteiger partial charge >= 0.3 is 6.01 Å². The number of halogens is 2. The third kappa shape index (κ3) is 4.37. The van der Waals surface area contributed by atoms with Crippen molar-refractivity contribution in [2.45, 2.75) is 17.1 Å². The predicted molar refractivity (Wildman–Crippen MR) is 114 cm³/mol. The molecule has 0 saturated carbocycles. The number of nitrogens with one attached hydrogen (secondary N) is 1. The van der Waals surface area contributed by atoms with Crippen LogP contribution < -0.4 is 5.32 Å². The molecule has 1 aliphatic rings. The van der Waals surface area contributed by atoms with Crippen molar-refractivity contribution in [3.8, 4) is 11.5 Å². The van der Waals surface area contributed by atoms with E-state index >= 15 is 0 Å². The average Bonchev–Trinajstić information content (AvgIpc) is 3.38. The van der Waals surface area contributed by atoms with Crippen LogP contribution in [-0.4, -0.2) is 41.9 Å². The van der Waals surface area contributed by atoms with Crippen molar-refractivity contribution in [1.29, 1.82) is 0 Å². The Hall–Kier alpha value is -1.98. The molecule has 0 bridgehead atoms. The molecule has 0 aliphatic carbocycles. The number of sulfonamides is 1. The molecule has 3 aromatic rings. The topological polar surface area (TPSA) is 105 Å². The fraction of sp³-hybridized carbons (Fsp3) is 0.278. The van der Waals surface area contributed by atoms with Gasteiger partial charge < -0.3 is 4.42 Å². The van der Waals surface area contributed by atoms with E-state index in [2.05, 4.69) is 15.5 Å². The lowest BCUT2D eigenvalue weighted by molar-refractivity contribution is -0.121. The van der Waals surface area contributed by atoms with Gasteiger partial charge in [-0.05, 0) is 37.1 Å². The molecule has 8 nitrogen and oxygen atoms in total. The Balaban J connectivity index is 1.37. The maximum absolute atomic E-state index is 12.7. The molecule has 4 rings (SSSR count). The molecule has 1 amide bonds. The van der Waals surface area contributed by atoms with E-state index in [9.17, 15) is 13.2 Å². The van der Waals surface area contributed by atoms with Gasteiger partial charge in [0.2, 0.25) is 5.91 Å². The molecule has 158 valence electrons. The van der Waals surface area contributed by atoms with E-state index in [-0.39, 0.29) is 41.0 Å². The summed E-state index contributed by atoms with van der Waals surface area (Å²) in [7, 11) is -3.60. The molecule has 30 heavy (non-hydrogen) atoms. The Morgan fingerprint density at radius 1 is 1.13 bits per heavy atom. The monoisotopic (exact) mass is 486 g/mol. The van der Waals surface area contributed by atoms with Crippen molar-refractivity contribution in [3.63, 3.8) is 0 Å². The Morgan fingerprint density at radius 2 is 1.87 bits per heavy atom. The van der Waals surface area contributed by atoms with Crippen LogP contribution in [0.25, 0.3) is 11.5 Å². The summed E-state index contributed by atoms with van der Waals surface area (Å²) >= 11 is 13.0. The molecule has 1 fully saturated rings. The Morgan fingerprint density at radius 3 is 2.53 bits per heavy atom. The van der Waals surface area contributed by atoms with E-state index in [0.717, 1.165) is 11.3 Å². The summed E-state index contributed by atoms with van der Waals surface area (Å²) in [6, 6.07) is 10.0. The molecule has 1 aromatic carbocycles. The van der Waals surface area contributed by atoms with Gasteiger partial charge in [-0.25, -0.2) is 8.42 Å². The predicted octanol–water partition coefficient (Wildman–Crippen LogP) is 4.14. The lowest BCUT2D eigenvalue weighted by Crippen LogP contribution is -2.41. The van der Waals surface area contributed by atoms with Crippen LogP contribution in [0.3, 0.4) is 0 Å². The van der Waals surface area contributed by atoms with Gasteiger partial charge in [0.25, 0.3) is 15.9 Å². The minimum absolute atomic E-state index is 0.0294. The summed E-state index contributed by atoms with van der Waals surface area (Å²) in [5.41, 5.74) is 0.569. The Labute approximate surface area is 186 Å². The first kappa shape index (κ1) is 21.3. The van der Waals surface area contributed by atoms with Gasteiger partial charge in [-0.2, -0.15) is 4.31 Å². The van der Waals surface area contributed by atoms with Crippen LogP contribution in [0.2, 0.25) is 9.36 Å². The SMILES string of the molecule is O=C(Nc1nnc(-c2ccccc2Cl)o1)C1CCN(S(=O)(=O)c2ccc(Cl)s2)CC1. The molecule has 0 radical (unpaired) electrons. The van der Waals surface area contributed by atoms with Crippen molar-refractivity contribution in [1.82, 2.24) is 14.5 Å². The highest BCUT2D eigenvalue weighted by atomic mass is 35.5. The summed E-state index contributed by atoms with van der Waals surface area (Å²) in [5, 5.41) is 10.8. The zero-order valence-electron chi connectivity index (χ0n) is 15.4. The van der Waals surface area contributed by atoms with Crippen LogP contribution in [0.4, 0.5) is 6.01 Å². The summed E-state index contributed by atoms with van der Waals surface area (Å²) in [6.45, 7) is 0.481. The third-order valence-corrected chi connectivity index (χ3v) is 8.65. The van der Waals surface area contributed by atoms with Gasteiger partial charge in [0.15, 0.2) is 0 Å². The highest BCUT2D eigenvalue weighted by molar-refractivity contribution is 7.91. The number of piperidine rings is 1. The lowest BCUT2D eigenvalue weighted by Gasteiger charge is -2.29. The molecule has 1 aliphatic heterocycles. The molecule has 1 saturated heterocycles. The molecule has 12 heteroatoms. The summed E-state index contributed by atoms with van der Waals surface area (Å²) < 4.78 is 32.8. The molecular formula is C18H16Cl2N4O4S2. The van der Waals surface area contributed by atoms with E-state index in [1.54, 1.807) is 30.3 Å². The van der Waals surface area contributed by atoms with Crippen molar-refractivity contribution in [2.75, 3.05) is 18.4 Å². The van der Waals surface area contributed by atoms with E-state index < -0.39 is 10.0 Å². The Bertz CT molecular complexity index is 1170. The van der Waals surface area contributed by atoms with Crippen molar-refractivity contribution in [2.24, 2.45) is 5.92 Å². The van der Waals surface area contributed by atoms with Crippen molar-refractivity contribution >= 4 is 56.5 Å². The van der Waals surface area contributed by atoms with Crippen LogP contribution >= 0.6 is 34.5 Å². The number of rotatable bonds is 5. The van der Waals surface area contributed by atoms with Gasteiger partial charge in [0.1, 0.15) is 4.21 Å². The zero-order chi connectivity index (χ0) is 21.3. The van der Waals surface area contributed by atoms with Gasteiger partial charge in [-0.3, -0.25) is 10.1 Å². The second kappa shape index (κ2) is 8.64. The first-order valence-electron chi connectivity index (χ1n) is 8.99.